The Kier molecular flexibility index (Phi) is 5.93. The lowest BCUT2D eigenvalue weighted by atomic mass is 9.45. The van der Waals surface area contributed by atoms with Crippen LogP contribution in [0.15, 0.2) is 54.6 Å². The number of benzene rings is 2. The molecule has 3 heteroatoms. The third kappa shape index (κ3) is 3.99. The Hall–Kier alpha value is -2.29. The lowest BCUT2D eigenvalue weighted by molar-refractivity contribution is -0.117. The van der Waals surface area contributed by atoms with Crippen molar-refractivity contribution >= 4 is 11.6 Å². The third-order valence-corrected chi connectivity index (χ3v) is 10.9. The number of hydrogen-bond acceptors (Lipinski definition) is 2. The van der Waals surface area contributed by atoms with Gasteiger partial charge in [-0.3, -0.25) is 4.79 Å². The first-order chi connectivity index (χ1) is 17.0. The molecule has 0 heterocycles. The molecule has 2 unspecified atom stereocenters. The lowest BCUT2D eigenvalue weighted by Gasteiger charge is -2.60. The number of anilines is 1. The Balaban J connectivity index is 1.12. The van der Waals surface area contributed by atoms with Crippen LogP contribution in [0.1, 0.15) is 88.4 Å². The SMILES string of the molecule is C[C@]12CCCCC1CC[C@@H]1[C@H]2CC[C@]2(C)C(Oc3ccc(NC(=O)c4ccccc4)cc3)CC[C@@H]12. The van der Waals surface area contributed by atoms with Crippen LogP contribution < -0.4 is 10.1 Å². The van der Waals surface area contributed by atoms with Crippen LogP contribution in [0.25, 0.3) is 0 Å². The number of carbonyl (C=O) groups is 1. The van der Waals surface area contributed by atoms with Gasteiger partial charge in [-0.1, -0.05) is 44.9 Å². The van der Waals surface area contributed by atoms with Crippen LogP contribution in [0.5, 0.6) is 5.75 Å². The first-order valence-corrected chi connectivity index (χ1v) is 14.1. The molecular formula is C32H41NO2. The molecule has 0 saturated heterocycles. The highest BCUT2D eigenvalue weighted by Crippen LogP contribution is 2.66. The maximum Gasteiger partial charge on any atom is 0.255 e. The van der Waals surface area contributed by atoms with E-state index in [1.165, 1.54) is 64.2 Å². The molecule has 0 spiro atoms. The van der Waals surface area contributed by atoms with Crippen LogP contribution in [0, 0.1) is 34.5 Å². The molecule has 4 aliphatic rings. The average Bonchev–Trinajstić information content (AvgIpc) is 3.21. The monoisotopic (exact) mass is 471 g/mol. The predicted octanol–water partition coefficient (Wildman–Crippen LogP) is 8.12. The highest BCUT2D eigenvalue weighted by molar-refractivity contribution is 6.04. The summed E-state index contributed by atoms with van der Waals surface area (Å²) in [5.74, 6) is 4.48. The molecule has 0 radical (unpaired) electrons. The molecule has 4 fully saturated rings. The Morgan fingerprint density at radius 2 is 1.57 bits per heavy atom. The highest BCUT2D eigenvalue weighted by atomic mass is 16.5. The van der Waals surface area contributed by atoms with Gasteiger partial charge in [0.15, 0.2) is 0 Å². The topological polar surface area (TPSA) is 38.3 Å². The maximum absolute atomic E-state index is 12.5. The summed E-state index contributed by atoms with van der Waals surface area (Å²) in [6.07, 6.45) is 14.3. The summed E-state index contributed by atoms with van der Waals surface area (Å²) in [4.78, 5) is 12.5. The van der Waals surface area contributed by atoms with E-state index < -0.39 is 0 Å². The van der Waals surface area contributed by atoms with Crippen molar-refractivity contribution in [3.8, 4) is 5.75 Å². The van der Waals surface area contributed by atoms with Gasteiger partial charge in [-0.05, 0) is 117 Å². The smallest absolute Gasteiger partial charge is 0.255 e. The molecule has 4 saturated carbocycles. The first kappa shape index (κ1) is 23.1. The van der Waals surface area contributed by atoms with E-state index in [-0.39, 0.29) is 5.91 Å². The van der Waals surface area contributed by atoms with E-state index in [1.54, 1.807) is 0 Å². The molecule has 4 aliphatic carbocycles. The van der Waals surface area contributed by atoms with Gasteiger partial charge in [0.05, 0.1) is 0 Å². The van der Waals surface area contributed by atoms with Gasteiger partial charge in [-0.2, -0.15) is 0 Å². The van der Waals surface area contributed by atoms with E-state index in [0.29, 0.717) is 22.5 Å². The molecule has 0 bridgehead atoms. The number of amides is 1. The van der Waals surface area contributed by atoms with E-state index in [2.05, 4.69) is 19.2 Å². The van der Waals surface area contributed by atoms with Crippen LogP contribution in [-0.2, 0) is 0 Å². The fourth-order valence-electron chi connectivity index (χ4n) is 9.01. The summed E-state index contributed by atoms with van der Waals surface area (Å²) in [5.41, 5.74) is 2.37. The summed E-state index contributed by atoms with van der Waals surface area (Å²) < 4.78 is 6.69. The van der Waals surface area contributed by atoms with E-state index in [1.807, 2.05) is 54.6 Å². The van der Waals surface area contributed by atoms with Crippen LogP contribution in [0.4, 0.5) is 5.69 Å². The number of fused-ring (bicyclic) bond motifs is 5. The summed E-state index contributed by atoms with van der Waals surface area (Å²) in [7, 11) is 0. The average molecular weight is 472 g/mol. The Morgan fingerprint density at radius 1 is 0.800 bits per heavy atom. The molecule has 2 aromatic carbocycles. The standard InChI is InChI=1S/C32H41NO2/c1-31-20-7-6-10-23(31)11-16-26-27-17-18-29(32(27,2)21-19-28(26)31)35-25-14-12-24(13-15-25)33-30(34)22-8-4-3-5-9-22/h3-5,8-9,12-15,23,26-29H,6-7,10-11,16-21H2,1-2H3,(H,33,34)/t23?,26-,27-,28+,29?,31-,32-/m0/s1. The van der Waals surface area contributed by atoms with E-state index in [9.17, 15) is 4.79 Å². The second kappa shape index (κ2) is 8.98. The third-order valence-electron chi connectivity index (χ3n) is 10.9. The minimum Gasteiger partial charge on any atom is -0.490 e. The van der Waals surface area contributed by atoms with Crippen LogP contribution in [0.3, 0.4) is 0 Å². The molecular weight excluding hydrogens is 430 g/mol. The molecule has 0 aromatic heterocycles. The molecule has 35 heavy (non-hydrogen) atoms. The number of rotatable bonds is 4. The summed E-state index contributed by atoms with van der Waals surface area (Å²) in [5, 5.41) is 2.99. The Labute approximate surface area is 211 Å². The number of carbonyl (C=O) groups excluding carboxylic acids is 1. The molecule has 1 amide bonds. The van der Waals surface area contributed by atoms with Crippen molar-refractivity contribution in [3.63, 3.8) is 0 Å². The van der Waals surface area contributed by atoms with Crippen molar-refractivity contribution in [2.24, 2.45) is 34.5 Å². The molecule has 3 nitrogen and oxygen atoms in total. The highest BCUT2D eigenvalue weighted by Gasteiger charge is 2.60. The number of hydrogen-bond donors (Lipinski definition) is 1. The Morgan fingerprint density at radius 3 is 2.37 bits per heavy atom. The minimum absolute atomic E-state index is 0.0800. The van der Waals surface area contributed by atoms with Gasteiger partial charge in [-0.25, -0.2) is 0 Å². The molecule has 6 rings (SSSR count). The van der Waals surface area contributed by atoms with Crippen LogP contribution in [0.2, 0.25) is 0 Å². The molecule has 7 atom stereocenters. The summed E-state index contributed by atoms with van der Waals surface area (Å²) in [6.45, 7) is 5.20. The zero-order valence-corrected chi connectivity index (χ0v) is 21.5. The van der Waals surface area contributed by atoms with Crippen molar-refractivity contribution in [2.45, 2.75) is 84.2 Å². The first-order valence-electron chi connectivity index (χ1n) is 14.1. The molecule has 186 valence electrons. The van der Waals surface area contributed by atoms with Crippen molar-refractivity contribution in [1.82, 2.24) is 0 Å². The van der Waals surface area contributed by atoms with Gasteiger partial charge in [0, 0.05) is 16.7 Å². The van der Waals surface area contributed by atoms with Gasteiger partial charge in [0.2, 0.25) is 0 Å². The molecule has 1 N–H and O–H groups in total. The van der Waals surface area contributed by atoms with Gasteiger partial charge in [-0.15, -0.1) is 0 Å². The maximum atomic E-state index is 12.5. The molecule has 2 aromatic rings. The fourth-order valence-corrected chi connectivity index (χ4v) is 9.01. The molecule has 0 aliphatic heterocycles. The van der Waals surface area contributed by atoms with Crippen LogP contribution >= 0.6 is 0 Å². The Bertz CT molecular complexity index is 1050. The van der Waals surface area contributed by atoms with Gasteiger partial charge < -0.3 is 10.1 Å². The van der Waals surface area contributed by atoms with E-state index >= 15 is 0 Å². The van der Waals surface area contributed by atoms with Crippen molar-refractivity contribution in [1.29, 1.82) is 0 Å². The predicted molar refractivity (Wildman–Crippen MR) is 142 cm³/mol. The van der Waals surface area contributed by atoms with Gasteiger partial charge >= 0.3 is 0 Å². The van der Waals surface area contributed by atoms with Crippen LogP contribution in [-0.4, -0.2) is 12.0 Å². The van der Waals surface area contributed by atoms with Crippen molar-refractivity contribution in [3.05, 3.63) is 60.2 Å². The zero-order valence-electron chi connectivity index (χ0n) is 21.5. The second-order valence-corrected chi connectivity index (χ2v) is 12.5. The van der Waals surface area contributed by atoms with Crippen molar-refractivity contribution in [2.75, 3.05) is 5.32 Å². The summed E-state index contributed by atoms with van der Waals surface area (Å²) >= 11 is 0. The van der Waals surface area contributed by atoms with E-state index in [4.69, 9.17) is 4.74 Å². The normalized spacial score (nSPS) is 38.1. The van der Waals surface area contributed by atoms with Gasteiger partial charge in [0.25, 0.3) is 5.91 Å². The lowest BCUT2D eigenvalue weighted by Crippen LogP contribution is -2.53. The fraction of sp³-hybridized carbons (Fsp3) is 0.594. The van der Waals surface area contributed by atoms with Gasteiger partial charge in [0.1, 0.15) is 11.9 Å². The quantitative estimate of drug-likeness (QED) is 0.489. The minimum atomic E-state index is -0.0800. The number of ether oxygens (including phenoxy) is 1. The largest absolute Gasteiger partial charge is 0.490 e. The zero-order chi connectivity index (χ0) is 24.0. The van der Waals surface area contributed by atoms with E-state index in [0.717, 1.165) is 35.1 Å². The second-order valence-electron chi connectivity index (χ2n) is 12.5. The summed E-state index contributed by atoms with van der Waals surface area (Å²) in [6, 6.07) is 17.3. The van der Waals surface area contributed by atoms with Crippen molar-refractivity contribution < 1.29 is 9.53 Å². The number of nitrogens with one attached hydrogen (secondary N) is 1.